The van der Waals surface area contributed by atoms with E-state index in [-0.39, 0.29) is 4.90 Å². The minimum atomic E-state index is -6.06. The predicted octanol–water partition coefficient (Wildman–Crippen LogP) is 1.90. The molecule has 0 saturated heterocycles. The van der Waals surface area contributed by atoms with Crippen molar-refractivity contribution in [2.75, 3.05) is 6.54 Å². The van der Waals surface area contributed by atoms with E-state index in [1.165, 1.54) is 0 Å². The van der Waals surface area contributed by atoms with E-state index >= 15 is 0 Å². The van der Waals surface area contributed by atoms with Crippen molar-refractivity contribution < 1.29 is 36.6 Å². The molecule has 0 atom stereocenters. The van der Waals surface area contributed by atoms with Gasteiger partial charge >= 0.3 is 24.0 Å². The molecule has 0 bridgehead atoms. The zero-order chi connectivity index (χ0) is 14.9. The van der Waals surface area contributed by atoms with Gasteiger partial charge in [-0.1, -0.05) is 0 Å². The van der Waals surface area contributed by atoms with E-state index in [9.17, 15) is 31.5 Å². The lowest BCUT2D eigenvalue weighted by Crippen LogP contribution is -2.58. The maximum absolute atomic E-state index is 12.8. The number of alkyl halides is 5. The molecule has 0 aliphatic rings. The van der Waals surface area contributed by atoms with Crippen LogP contribution in [-0.2, 0) is 9.59 Å². The van der Waals surface area contributed by atoms with E-state index in [2.05, 4.69) is 0 Å². The van der Waals surface area contributed by atoms with E-state index in [0.29, 0.717) is 0 Å². The number of carboxylic acid groups (broad SMARTS) is 1. The molecule has 0 aromatic heterocycles. The molecule has 0 fully saturated rings. The van der Waals surface area contributed by atoms with Crippen LogP contribution in [0.15, 0.2) is 0 Å². The van der Waals surface area contributed by atoms with Crippen LogP contribution in [0.1, 0.15) is 20.8 Å². The lowest BCUT2D eigenvalue weighted by Gasteiger charge is -2.36. The number of carbonyl (C=O) groups excluding carboxylic acids is 1. The standard InChI is InChI=1S/C9H12F5NO3/c1-7(2,3)15(4-5(16)17)6(18)8(10,11)9(12,13)14/h4H2,1-3H3,(H,16,17). The van der Waals surface area contributed by atoms with E-state index in [0.717, 1.165) is 20.8 Å². The molecule has 0 unspecified atom stereocenters. The van der Waals surface area contributed by atoms with Crippen molar-refractivity contribution in [3.8, 4) is 0 Å². The first-order chi connectivity index (χ1) is 7.71. The highest BCUT2D eigenvalue weighted by molar-refractivity contribution is 5.88. The molecule has 0 aromatic rings. The van der Waals surface area contributed by atoms with Crippen LogP contribution in [0, 0.1) is 0 Å². The van der Waals surface area contributed by atoms with Crippen LogP contribution >= 0.6 is 0 Å². The first kappa shape index (κ1) is 16.6. The Balaban J connectivity index is 5.41. The third-order valence-electron chi connectivity index (χ3n) is 1.97. The minimum Gasteiger partial charge on any atom is -0.480 e. The molecule has 1 N–H and O–H groups in total. The van der Waals surface area contributed by atoms with Crippen molar-refractivity contribution in [1.82, 2.24) is 4.90 Å². The SMILES string of the molecule is CC(C)(C)N(CC(=O)O)C(=O)C(F)(F)C(F)(F)F. The molecule has 106 valence electrons. The minimum absolute atomic E-state index is 0.0250. The highest BCUT2D eigenvalue weighted by Gasteiger charge is 2.65. The first-order valence-corrected chi connectivity index (χ1v) is 4.69. The van der Waals surface area contributed by atoms with Crippen molar-refractivity contribution in [2.45, 2.75) is 38.4 Å². The fraction of sp³-hybridized carbons (Fsp3) is 0.778. The van der Waals surface area contributed by atoms with Crippen molar-refractivity contribution in [3.05, 3.63) is 0 Å². The summed E-state index contributed by atoms with van der Waals surface area (Å²) < 4.78 is 61.8. The Kier molecular flexibility index (Phi) is 4.33. The maximum atomic E-state index is 12.8. The molecule has 0 saturated carbocycles. The van der Waals surface area contributed by atoms with Crippen LogP contribution < -0.4 is 0 Å². The Labute approximate surface area is 99.4 Å². The number of hydrogen-bond donors (Lipinski definition) is 1. The van der Waals surface area contributed by atoms with Crippen LogP contribution in [0.5, 0.6) is 0 Å². The van der Waals surface area contributed by atoms with Gasteiger partial charge in [-0.05, 0) is 20.8 Å². The molecule has 0 radical (unpaired) electrons. The Morgan fingerprint density at radius 2 is 1.44 bits per heavy atom. The van der Waals surface area contributed by atoms with E-state index in [4.69, 9.17) is 5.11 Å². The molecule has 0 aliphatic heterocycles. The number of nitrogens with zero attached hydrogens (tertiary/aromatic N) is 1. The van der Waals surface area contributed by atoms with Crippen LogP contribution in [0.4, 0.5) is 22.0 Å². The third-order valence-corrected chi connectivity index (χ3v) is 1.97. The van der Waals surface area contributed by atoms with Gasteiger partial charge in [0.2, 0.25) is 0 Å². The number of amides is 1. The van der Waals surface area contributed by atoms with Crippen molar-refractivity contribution in [3.63, 3.8) is 0 Å². The molecule has 0 rings (SSSR count). The summed E-state index contributed by atoms with van der Waals surface area (Å²) in [5, 5.41) is 8.44. The molecule has 1 amide bonds. The number of aliphatic carboxylic acids is 1. The lowest BCUT2D eigenvalue weighted by molar-refractivity contribution is -0.276. The number of hydrogen-bond acceptors (Lipinski definition) is 2. The molecule has 9 heteroatoms. The Morgan fingerprint density at radius 3 is 1.67 bits per heavy atom. The number of halogens is 5. The van der Waals surface area contributed by atoms with Gasteiger partial charge in [0.25, 0.3) is 0 Å². The second-order valence-electron chi connectivity index (χ2n) is 4.53. The molecular formula is C9H12F5NO3. The fourth-order valence-corrected chi connectivity index (χ4v) is 1.04. The summed E-state index contributed by atoms with van der Waals surface area (Å²) in [5.74, 6) is -9.88. The Hall–Kier alpha value is -1.41. The molecule has 4 nitrogen and oxygen atoms in total. The van der Waals surface area contributed by atoms with Crippen molar-refractivity contribution >= 4 is 11.9 Å². The number of carbonyl (C=O) groups is 2. The van der Waals surface area contributed by atoms with Gasteiger partial charge in [-0.2, -0.15) is 22.0 Å². The Morgan fingerprint density at radius 1 is 1.06 bits per heavy atom. The van der Waals surface area contributed by atoms with Crippen LogP contribution in [0.3, 0.4) is 0 Å². The number of rotatable bonds is 3. The maximum Gasteiger partial charge on any atom is 0.463 e. The highest BCUT2D eigenvalue weighted by Crippen LogP contribution is 2.38. The average molecular weight is 277 g/mol. The number of carboxylic acids is 1. The second-order valence-corrected chi connectivity index (χ2v) is 4.53. The summed E-state index contributed by atoms with van der Waals surface area (Å²) >= 11 is 0. The monoisotopic (exact) mass is 277 g/mol. The van der Waals surface area contributed by atoms with Gasteiger partial charge in [0.1, 0.15) is 6.54 Å². The van der Waals surface area contributed by atoms with Crippen LogP contribution in [0.2, 0.25) is 0 Å². The predicted molar refractivity (Wildman–Crippen MR) is 50.1 cm³/mol. The smallest absolute Gasteiger partial charge is 0.463 e. The molecule has 0 aromatic carbocycles. The Bertz CT molecular complexity index is 345. The molecule has 0 spiro atoms. The lowest BCUT2D eigenvalue weighted by atomic mass is 10.0. The van der Waals surface area contributed by atoms with E-state index < -0.39 is 36.1 Å². The van der Waals surface area contributed by atoms with Gasteiger partial charge in [-0.3, -0.25) is 9.59 Å². The van der Waals surface area contributed by atoms with Gasteiger partial charge < -0.3 is 10.0 Å². The van der Waals surface area contributed by atoms with Crippen molar-refractivity contribution in [2.24, 2.45) is 0 Å². The summed E-state index contributed by atoms with van der Waals surface area (Å²) in [5.41, 5.74) is -1.48. The summed E-state index contributed by atoms with van der Waals surface area (Å²) in [4.78, 5) is 21.6. The van der Waals surface area contributed by atoms with Gasteiger partial charge in [0.15, 0.2) is 0 Å². The molecule has 0 heterocycles. The summed E-state index contributed by atoms with van der Waals surface area (Å²) in [6.45, 7) is 2.22. The van der Waals surface area contributed by atoms with E-state index in [1.54, 1.807) is 0 Å². The third kappa shape index (κ3) is 3.54. The first-order valence-electron chi connectivity index (χ1n) is 4.69. The molecule has 18 heavy (non-hydrogen) atoms. The summed E-state index contributed by atoms with van der Waals surface area (Å²) in [7, 11) is 0. The molecule has 0 aliphatic carbocycles. The van der Waals surface area contributed by atoms with Crippen molar-refractivity contribution in [1.29, 1.82) is 0 Å². The van der Waals surface area contributed by atoms with E-state index in [1.807, 2.05) is 0 Å². The van der Waals surface area contributed by atoms with Gasteiger partial charge in [0, 0.05) is 5.54 Å². The summed E-state index contributed by atoms with van der Waals surface area (Å²) in [6.07, 6.45) is -6.06. The fourth-order valence-electron chi connectivity index (χ4n) is 1.04. The molecular weight excluding hydrogens is 265 g/mol. The summed E-state index contributed by atoms with van der Waals surface area (Å²) in [6, 6.07) is 0. The van der Waals surface area contributed by atoms with Crippen LogP contribution in [0.25, 0.3) is 0 Å². The second kappa shape index (κ2) is 4.69. The quantitative estimate of drug-likeness (QED) is 0.801. The zero-order valence-corrected chi connectivity index (χ0v) is 9.81. The van der Waals surface area contributed by atoms with Gasteiger partial charge in [-0.15, -0.1) is 0 Å². The average Bonchev–Trinajstić information content (AvgIpc) is 2.09. The topological polar surface area (TPSA) is 57.6 Å². The largest absolute Gasteiger partial charge is 0.480 e. The van der Waals surface area contributed by atoms with Gasteiger partial charge in [-0.25, -0.2) is 0 Å². The van der Waals surface area contributed by atoms with Gasteiger partial charge in [0.05, 0.1) is 0 Å². The highest BCUT2D eigenvalue weighted by atomic mass is 19.4. The zero-order valence-electron chi connectivity index (χ0n) is 9.81. The normalized spacial score (nSPS) is 13.3. The van der Waals surface area contributed by atoms with Crippen LogP contribution in [-0.4, -0.2) is 46.1 Å².